The van der Waals surface area contributed by atoms with Gasteiger partial charge in [-0.25, -0.2) is 0 Å². The van der Waals surface area contributed by atoms with Crippen LogP contribution in [0.2, 0.25) is 0 Å². The molecule has 1 aromatic carbocycles. The maximum absolute atomic E-state index is 12.2. The quantitative estimate of drug-likeness (QED) is 0.437. The van der Waals surface area contributed by atoms with Gasteiger partial charge >= 0.3 is 5.97 Å². The molecule has 0 aromatic heterocycles. The van der Waals surface area contributed by atoms with Gasteiger partial charge in [0.05, 0.1) is 0 Å². The maximum atomic E-state index is 12.2. The fourth-order valence-electron chi connectivity index (χ4n) is 2.37. The zero-order chi connectivity index (χ0) is 17.5. The van der Waals surface area contributed by atoms with Gasteiger partial charge in [0.15, 0.2) is 0 Å². The largest absolute Gasteiger partial charge is 0.459 e. The molecular formula is C20H26O3. The summed E-state index contributed by atoms with van der Waals surface area (Å²) in [4.78, 5) is 23.9. The third kappa shape index (κ3) is 7.15. The molecule has 0 bridgehead atoms. The Morgan fingerprint density at radius 1 is 1.17 bits per heavy atom. The molecule has 0 saturated heterocycles. The smallest absolute Gasteiger partial charge is 0.316 e. The van der Waals surface area contributed by atoms with Gasteiger partial charge < -0.3 is 4.74 Å². The highest BCUT2D eigenvalue weighted by molar-refractivity contribution is 5.97. The molecule has 23 heavy (non-hydrogen) atoms. The van der Waals surface area contributed by atoms with E-state index < -0.39 is 17.5 Å². The van der Waals surface area contributed by atoms with Gasteiger partial charge in [0.25, 0.3) is 0 Å². The molecule has 1 rings (SSSR count). The maximum Gasteiger partial charge on any atom is 0.316 e. The minimum absolute atomic E-state index is 0.00156. The van der Waals surface area contributed by atoms with Gasteiger partial charge in [-0.05, 0) is 52.5 Å². The van der Waals surface area contributed by atoms with Crippen molar-refractivity contribution in [3.63, 3.8) is 0 Å². The molecule has 124 valence electrons. The summed E-state index contributed by atoms with van der Waals surface area (Å²) in [6.07, 6.45) is 7.40. The van der Waals surface area contributed by atoms with Gasteiger partial charge in [0.1, 0.15) is 17.3 Å². The van der Waals surface area contributed by atoms with E-state index in [-0.39, 0.29) is 11.7 Å². The molecule has 3 heteroatoms. The van der Waals surface area contributed by atoms with Crippen LogP contribution in [0.15, 0.2) is 30.3 Å². The van der Waals surface area contributed by atoms with E-state index in [4.69, 9.17) is 11.2 Å². The Hall–Kier alpha value is -2.08. The SMILES string of the molecule is C#CC(CCC(C(C)=O)C(=O)OC(C)(C)C)Cc1ccccc1. The molecule has 0 heterocycles. The van der Waals surface area contributed by atoms with E-state index in [2.05, 4.69) is 5.92 Å². The number of ketones is 1. The normalized spacial score (nSPS) is 13.7. The van der Waals surface area contributed by atoms with E-state index in [0.29, 0.717) is 12.8 Å². The Bertz CT molecular complexity index is 561. The second-order valence-electron chi connectivity index (χ2n) is 6.83. The summed E-state index contributed by atoms with van der Waals surface area (Å²) in [6, 6.07) is 9.97. The molecule has 0 amide bonds. The van der Waals surface area contributed by atoms with E-state index in [1.165, 1.54) is 6.92 Å². The summed E-state index contributed by atoms with van der Waals surface area (Å²) in [5.41, 5.74) is 0.562. The number of hydrogen-bond donors (Lipinski definition) is 0. The lowest BCUT2D eigenvalue weighted by Gasteiger charge is -2.23. The van der Waals surface area contributed by atoms with Crippen LogP contribution in [-0.2, 0) is 20.7 Å². The van der Waals surface area contributed by atoms with Crippen molar-refractivity contribution in [1.29, 1.82) is 0 Å². The summed E-state index contributed by atoms with van der Waals surface area (Å²) < 4.78 is 5.33. The zero-order valence-corrected chi connectivity index (χ0v) is 14.5. The van der Waals surface area contributed by atoms with Crippen LogP contribution in [0, 0.1) is 24.2 Å². The summed E-state index contributed by atoms with van der Waals surface area (Å²) >= 11 is 0. The van der Waals surface area contributed by atoms with Crippen molar-refractivity contribution in [3.8, 4) is 12.3 Å². The Labute approximate surface area is 139 Å². The zero-order valence-electron chi connectivity index (χ0n) is 14.5. The number of carbonyl (C=O) groups excluding carboxylic acids is 2. The molecule has 0 aliphatic heterocycles. The van der Waals surface area contributed by atoms with E-state index >= 15 is 0 Å². The average molecular weight is 314 g/mol. The molecule has 0 spiro atoms. The fourth-order valence-corrected chi connectivity index (χ4v) is 2.37. The van der Waals surface area contributed by atoms with Crippen molar-refractivity contribution >= 4 is 11.8 Å². The molecule has 0 radical (unpaired) electrons. The van der Waals surface area contributed by atoms with Gasteiger partial charge in [-0.1, -0.05) is 30.3 Å². The molecule has 0 aliphatic rings. The summed E-state index contributed by atoms with van der Waals surface area (Å²) in [5.74, 6) is 1.41. The molecule has 1 aromatic rings. The average Bonchev–Trinajstić information content (AvgIpc) is 2.45. The van der Waals surface area contributed by atoms with Crippen molar-refractivity contribution in [2.24, 2.45) is 11.8 Å². The molecular weight excluding hydrogens is 288 g/mol. The van der Waals surface area contributed by atoms with Crippen molar-refractivity contribution in [2.75, 3.05) is 0 Å². The number of esters is 1. The summed E-state index contributed by atoms with van der Waals surface area (Å²) in [7, 11) is 0. The van der Waals surface area contributed by atoms with Gasteiger partial charge in [0, 0.05) is 5.92 Å². The Kier molecular flexibility index (Phi) is 7.03. The minimum atomic E-state index is -0.735. The highest BCUT2D eigenvalue weighted by Gasteiger charge is 2.29. The molecule has 0 saturated carbocycles. The number of benzene rings is 1. The highest BCUT2D eigenvalue weighted by atomic mass is 16.6. The predicted octanol–water partition coefficient (Wildman–Crippen LogP) is 3.81. The molecule has 2 unspecified atom stereocenters. The lowest BCUT2D eigenvalue weighted by molar-refractivity contribution is -0.162. The Morgan fingerprint density at radius 3 is 2.26 bits per heavy atom. The van der Waals surface area contributed by atoms with Crippen LogP contribution in [0.3, 0.4) is 0 Å². The van der Waals surface area contributed by atoms with E-state index in [1.54, 1.807) is 20.8 Å². The summed E-state index contributed by atoms with van der Waals surface area (Å²) in [6.45, 7) is 6.81. The molecule has 2 atom stereocenters. The number of rotatable bonds is 7. The van der Waals surface area contributed by atoms with E-state index in [9.17, 15) is 9.59 Å². The molecule has 0 aliphatic carbocycles. The first-order valence-corrected chi connectivity index (χ1v) is 7.96. The molecule has 0 fully saturated rings. The predicted molar refractivity (Wildman–Crippen MR) is 91.7 cm³/mol. The Morgan fingerprint density at radius 2 is 1.78 bits per heavy atom. The number of carbonyl (C=O) groups is 2. The van der Waals surface area contributed by atoms with E-state index in [0.717, 1.165) is 12.0 Å². The third-order valence-electron chi connectivity index (χ3n) is 3.55. The van der Waals surface area contributed by atoms with Crippen LogP contribution < -0.4 is 0 Å². The first kappa shape index (κ1) is 19.0. The van der Waals surface area contributed by atoms with Crippen LogP contribution in [0.25, 0.3) is 0 Å². The van der Waals surface area contributed by atoms with Crippen LogP contribution in [0.1, 0.15) is 46.1 Å². The van der Waals surface area contributed by atoms with Crippen molar-refractivity contribution in [2.45, 2.75) is 52.6 Å². The lowest BCUT2D eigenvalue weighted by Crippen LogP contribution is -2.32. The van der Waals surface area contributed by atoms with Gasteiger partial charge in [0.2, 0.25) is 0 Å². The van der Waals surface area contributed by atoms with Gasteiger partial charge in [-0.2, -0.15) is 0 Å². The van der Waals surface area contributed by atoms with Crippen LogP contribution in [-0.4, -0.2) is 17.4 Å². The molecule has 3 nitrogen and oxygen atoms in total. The first-order valence-electron chi connectivity index (χ1n) is 7.96. The standard InChI is InChI=1S/C20H26O3/c1-6-16(14-17-10-8-7-9-11-17)12-13-18(15(2)21)19(22)23-20(3,4)5/h1,7-11,16,18H,12-14H2,2-5H3. The van der Waals surface area contributed by atoms with Crippen LogP contribution in [0.4, 0.5) is 0 Å². The second-order valence-corrected chi connectivity index (χ2v) is 6.83. The number of ether oxygens (including phenoxy) is 1. The van der Waals surface area contributed by atoms with E-state index in [1.807, 2.05) is 30.3 Å². The summed E-state index contributed by atoms with van der Waals surface area (Å²) in [5, 5.41) is 0. The Balaban J connectivity index is 2.64. The van der Waals surface area contributed by atoms with Gasteiger partial charge in [-0.15, -0.1) is 12.3 Å². The van der Waals surface area contributed by atoms with Crippen molar-refractivity contribution < 1.29 is 14.3 Å². The minimum Gasteiger partial charge on any atom is -0.459 e. The van der Waals surface area contributed by atoms with Crippen molar-refractivity contribution in [3.05, 3.63) is 35.9 Å². The monoisotopic (exact) mass is 314 g/mol. The topological polar surface area (TPSA) is 43.4 Å². The first-order chi connectivity index (χ1) is 10.7. The third-order valence-corrected chi connectivity index (χ3v) is 3.55. The van der Waals surface area contributed by atoms with Gasteiger partial charge in [-0.3, -0.25) is 9.59 Å². The van der Waals surface area contributed by atoms with Crippen molar-refractivity contribution in [1.82, 2.24) is 0 Å². The fraction of sp³-hybridized carbons (Fsp3) is 0.500. The lowest BCUT2D eigenvalue weighted by atomic mass is 9.90. The van der Waals surface area contributed by atoms with Crippen LogP contribution in [0.5, 0.6) is 0 Å². The second kappa shape index (κ2) is 8.53. The number of Topliss-reactive ketones (excluding diaryl/α,β-unsaturated/α-hetero) is 1. The molecule has 0 N–H and O–H groups in total. The number of terminal acetylenes is 1. The van der Waals surface area contributed by atoms with Crippen LogP contribution >= 0.6 is 0 Å². The number of hydrogen-bond acceptors (Lipinski definition) is 3. The highest BCUT2D eigenvalue weighted by Crippen LogP contribution is 2.21.